The van der Waals surface area contributed by atoms with Crippen LogP contribution >= 0.6 is 0 Å². The molecule has 0 atom stereocenters. The lowest BCUT2D eigenvalue weighted by Crippen LogP contribution is -1.99. The second-order valence-corrected chi connectivity index (χ2v) is 7.05. The molecule has 1 aromatic heterocycles. The third-order valence-corrected chi connectivity index (χ3v) is 4.92. The number of para-hydroxylation sites is 1. The number of rotatable bonds is 4. The van der Waals surface area contributed by atoms with Gasteiger partial charge in [0.2, 0.25) is 0 Å². The maximum Gasteiger partial charge on any atom is 0.373 e. The van der Waals surface area contributed by atoms with Crippen LogP contribution in [0.4, 0.5) is 4.39 Å². The Labute approximate surface area is 189 Å². The third-order valence-electron chi connectivity index (χ3n) is 4.92. The van der Waals surface area contributed by atoms with Crippen LogP contribution in [0.15, 0.2) is 109 Å². The van der Waals surface area contributed by atoms with Gasteiger partial charge in [0.25, 0.3) is 0 Å². The number of halogens is 1. The van der Waals surface area contributed by atoms with Gasteiger partial charge in [-0.3, -0.25) is 0 Å². The minimum Gasteiger partial charge on any atom is -0.213 e. The molecule has 1 heterocycles. The van der Waals surface area contributed by atoms with E-state index < -0.39 is 0 Å². The van der Waals surface area contributed by atoms with E-state index in [1.54, 1.807) is 6.07 Å². The molecule has 0 saturated carbocycles. The summed E-state index contributed by atoms with van der Waals surface area (Å²) in [5, 5.41) is 4.81. The molecule has 4 aromatic carbocycles. The van der Waals surface area contributed by atoms with Gasteiger partial charge in [-0.15, -0.1) is 5.10 Å². The minimum absolute atomic E-state index is 0.250. The fourth-order valence-corrected chi connectivity index (χ4v) is 3.46. The van der Waals surface area contributed by atoms with E-state index in [-0.39, 0.29) is 12.0 Å². The Morgan fingerprint density at radius 3 is 1.85 bits per heavy atom. The first-order chi connectivity index (χ1) is 16.2. The highest BCUT2D eigenvalue weighted by molar-refractivity contribution is 5.71. The molecule has 0 bridgehead atoms. The highest BCUT2D eigenvalue weighted by Crippen LogP contribution is 2.28. The van der Waals surface area contributed by atoms with Crippen molar-refractivity contribution in [3.8, 4) is 39.6 Å². The number of benzene rings is 4. The van der Waals surface area contributed by atoms with Gasteiger partial charge in [0.15, 0.2) is 11.6 Å². The zero-order chi connectivity index (χ0) is 23.0. The Kier molecular flexibility index (Phi) is 6.59. The van der Waals surface area contributed by atoms with Crippen molar-refractivity contribution in [3.63, 3.8) is 0 Å². The molecule has 0 aliphatic carbocycles. The lowest BCUT2D eigenvalue weighted by Gasteiger charge is -2.05. The molecule has 0 amide bonds. The summed E-state index contributed by atoms with van der Waals surface area (Å²) in [6.07, 6.45) is 0.250. The molecule has 0 spiro atoms. The first kappa shape index (κ1) is 21.6. The van der Waals surface area contributed by atoms with Crippen molar-refractivity contribution < 1.29 is 14.0 Å². The van der Waals surface area contributed by atoms with E-state index in [9.17, 15) is 4.39 Å². The summed E-state index contributed by atoms with van der Waals surface area (Å²) in [6.45, 7) is 0. The molecule has 0 unspecified atom stereocenters. The van der Waals surface area contributed by atoms with Crippen LogP contribution < -0.4 is 0 Å². The molecule has 0 aliphatic rings. The maximum absolute atomic E-state index is 13.7. The van der Waals surface area contributed by atoms with E-state index in [0.717, 1.165) is 33.8 Å². The van der Waals surface area contributed by atoms with Gasteiger partial charge in [0.05, 0.1) is 5.69 Å². The maximum atomic E-state index is 13.7. The van der Waals surface area contributed by atoms with Crippen LogP contribution in [0.2, 0.25) is 0 Å². The minimum atomic E-state index is -0.254. The van der Waals surface area contributed by atoms with Crippen molar-refractivity contribution in [3.05, 3.63) is 115 Å². The summed E-state index contributed by atoms with van der Waals surface area (Å²) in [5.41, 5.74) is 4.55. The van der Waals surface area contributed by atoms with E-state index in [1.165, 1.54) is 12.1 Å². The smallest absolute Gasteiger partial charge is 0.213 e. The third kappa shape index (κ3) is 4.98. The Bertz CT molecular complexity index is 1340. The van der Waals surface area contributed by atoms with E-state index in [0.29, 0.717) is 5.82 Å². The first-order valence-electron chi connectivity index (χ1n) is 10.1. The lowest BCUT2D eigenvalue weighted by atomic mass is 10.0. The molecule has 5 rings (SSSR count). The summed E-state index contributed by atoms with van der Waals surface area (Å²) in [5.74, 6) is 1.14. The Morgan fingerprint density at radius 2 is 1.18 bits per heavy atom. The Balaban J connectivity index is 0.000000821. The molecule has 5 aromatic rings. The van der Waals surface area contributed by atoms with Crippen molar-refractivity contribution in [1.82, 2.24) is 14.8 Å². The van der Waals surface area contributed by atoms with Crippen molar-refractivity contribution in [2.45, 2.75) is 0 Å². The molecule has 0 saturated heterocycles. The summed E-state index contributed by atoms with van der Waals surface area (Å²) in [4.78, 5) is 21.1. The standard InChI is InChI=1S/C26H18FN3.CO2/c27-23-14-8-12-21(18-23)20-11-7-13-22(17-20)25-28-26(19-9-3-1-4-10-19)30(29-25)24-15-5-2-6-16-24;2-1-3/h1-18H;. The second-order valence-electron chi connectivity index (χ2n) is 7.05. The van der Waals surface area contributed by atoms with Crippen LogP contribution in [-0.2, 0) is 9.59 Å². The van der Waals surface area contributed by atoms with Crippen molar-refractivity contribution in [1.29, 1.82) is 0 Å². The van der Waals surface area contributed by atoms with Crippen LogP contribution in [-0.4, -0.2) is 20.9 Å². The van der Waals surface area contributed by atoms with Crippen LogP contribution in [0.5, 0.6) is 0 Å². The molecule has 0 N–H and O–H groups in total. The average Bonchev–Trinajstić information content (AvgIpc) is 3.32. The summed E-state index contributed by atoms with van der Waals surface area (Å²) in [7, 11) is 0. The van der Waals surface area contributed by atoms with Gasteiger partial charge >= 0.3 is 6.15 Å². The van der Waals surface area contributed by atoms with Crippen LogP contribution in [0, 0.1) is 5.82 Å². The van der Waals surface area contributed by atoms with E-state index in [4.69, 9.17) is 19.7 Å². The average molecular weight is 435 g/mol. The van der Waals surface area contributed by atoms with Gasteiger partial charge in [0, 0.05) is 11.1 Å². The SMILES string of the molecule is Fc1cccc(-c2cccc(-c3nc(-c4ccccc4)n(-c4ccccc4)n3)c2)c1.O=C=O. The van der Waals surface area contributed by atoms with Crippen LogP contribution in [0.1, 0.15) is 0 Å². The molecule has 160 valence electrons. The number of hydrogen-bond donors (Lipinski definition) is 0. The number of hydrogen-bond acceptors (Lipinski definition) is 4. The Hall–Kier alpha value is -4.67. The summed E-state index contributed by atoms with van der Waals surface area (Å²) in [6, 6.07) is 34.4. The predicted molar refractivity (Wildman–Crippen MR) is 123 cm³/mol. The number of carbonyl (C=O) groups excluding carboxylic acids is 2. The van der Waals surface area contributed by atoms with Crippen LogP contribution in [0.25, 0.3) is 39.6 Å². The van der Waals surface area contributed by atoms with Gasteiger partial charge in [-0.2, -0.15) is 9.59 Å². The van der Waals surface area contributed by atoms with Gasteiger partial charge in [0.1, 0.15) is 5.82 Å². The number of nitrogens with zero attached hydrogens (tertiary/aromatic N) is 3. The lowest BCUT2D eigenvalue weighted by molar-refractivity contribution is -0.191. The van der Waals surface area contributed by atoms with Crippen molar-refractivity contribution in [2.24, 2.45) is 0 Å². The molecule has 0 radical (unpaired) electrons. The van der Waals surface area contributed by atoms with E-state index in [2.05, 4.69) is 0 Å². The predicted octanol–water partition coefficient (Wildman–Crippen LogP) is 5.82. The highest BCUT2D eigenvalue weighted by atomic mass is 19.1. The molecule has 0 aliphatic heterocycles. The molecule has 5 nitrogen and oxygen atoms in total. The zero-order valence-corrected chi connectivity index (χ0v) is 17.4. The molecule has 6 heteroatoms. The molecule has 0 fully saturated rings. The second kappa shape index (κ2) is 10.1. The van der Waals surface area contributed by atoms with Crippen molar-refractivity contribution >= 4 is 6.15 Å². The highest BCUT2D eigenvalue weighted by Gasteiger charge is 2.15. The fraction of sp³-hybridized carbons (Fsp3) is 0. The largest absolute Gasteiger partial charge is 0.373 e. The quantitative estimate of drug-likeness (QED) is 0.357. The van der Waals surface area contributed by atoms with Gasteiger partial charge in [-0.25, -0.2) is 14.1 Å². The Morgan fingerprint density at radius 1 is 0.636 bits per heavy atom. The molecular formula is C27H18FN3O2. The van der Waals surface area contributed by atoms with Gasteiger partial charge < -0.3 is 0 Å². The van der Waals surface area contributed by atoms with Gasteiger partial charge in [-0.1, -0.05) is 78.9 Å². The summed E-state index contributed by atoms with van der Waals surface area (Å²) < 4.78 is 15.5. The first-order valence-corrected chi connectivity index (χ1v) is 10.1. The van der Waals surface area contributed by atoms with Gasteiger partial charge in [-0.05, 0) is 41.5 Å². The molecular weight excluding hydrogens is 417 g/mol. The molecule has 33 heavy (non-hydrogen) atoms. The van der Waals surface area contributed by atoms with Crippen molar-refractivity contribution in [2.75, 3.05) is 0 Å². The van der Waals surface area contributed by atoms with E-state index in [1.807, 2.05) is 95.7 Å². The fourth-order valence-electron chi connectivity index (χ4n) is 3.46. The summed E-state index contributed by atoms with van der Waals surface area (Å²) >= 11 is 0. The van der Waals surface area contributed by atoms with E-state index >= 15 is 0 Å². The topological polar surface area (TPSA) is 64.8 Å². The normalized spacial score (nSPS) is 10.1. The zero-order valence-electron chi connectivity index (χ0n) is 17.4. The number of aromatic nitrogens is 3. The monoisotopic (exact) mass is 435 g/mol. The van der Waals surface area contributed by atoms with Crippen LogP contribution in [0.3, 0.4) is 0 Å².